The molecule has 0 amide bonds. The fourth-order valence-corrected chi connectivity index (χ4v) is 4.98. The summed E-state index contributed by atoms with van der Waals surface area (Å²) < 4.78 is 5.35. The van der Waals surface area contributed by atoms with Crippen molar-refractivity contribution in [3.8, 4) is 17.6 Å². The van der Waals surface area contributed by atoms with Gasteiger partial charge in [-0.1, -0.05) is 11.8 Å². The van der Waals surface area contributed by atoms with Gasteiger partial charge in [-0.3, -0.25) is 14.9 Å². The predicted molar refractivity (Wildman–Crippen MR) is 127 cm³/mol. The number of aliphatic hydroxyl groups excluding tert-OH is 2. The van der Waals surface area contributed by atoms with Crippen molar-refractivity contribution >= 4 is 22.2 Å². The third kappa shape index (κ3) is 5.45. The van der Waals surface area contributed by atoms with Crippen LogP contribution in [0.3, 0.4) is 0 Å². The third-order valence-electron chi connectivity index (χ3n) is 6.31. The Balaban J connectivity index is 1.35. The van der Waals surface area contributed by atoms with Crippen molar-refractivity contribution in [1.82, 2.24) is 14.9 Å². The van der Waals surface area contributed by atoms with Crippen LogP contribution in [0.25, 0.3) is 10.9 Å². The monoisotopic (exact) mass is 451 g/mol. The van der Waals surface area contributed by atoms with Gasteiger partial charge < -0.3 is 14.9 Å². The van der Waals surface area contributed by atoms with Crippen molar-refractivity contribution in [2.75, 3.05) is 33.4 Å². The first-order chi connectivity index (χ1) is 15.7. The lowest BCUT2D eigenvalue weighted by Crippen LogP contribution is -2.42. The predicted octanol–water partition coefficient (Wildman–Crippen LogP) is 3.50. The maximum Gasteiger partial charge on any atom is 0.119 e. The van der Waals surface area contributed by atoms with E-state index in [1.165, 1.54) is 0 Å². The molecule has 1 aliphatic heterocycles. The fraction of sp³-hybridized carbons (Fsp3) is 0.440. The summed E-state index contributed by atoms with van der Waals surface area (Å²) >= 11 is 1.55. The van der Waals surface area contributed by atoms with E-state index in [0.717, 1.165) is 53.0 Å². The first-order valence-corrected chi connectivity index (χ1v) is 11.9. The molecule has 4 rings (SSSR count). The molecule has 168 valence electrons. The van der Waals surface area contributed by atoms with Crippen LogP contribution in [0.2, 0.25) is 0 Å². The van der Waals surface area contributed by atoms with E-state index < -0.39 is 6.10 Å². The second-order valence-corrected chi connectivity index (χ2v) is 9.16. The van der Waals surface area contributed by atoms with Gasteiger partial charge in [-0.15, -0.1) is 11.3 Å². The number of nitrogens with zero attached hydrogens (tertiary/aromatic N) is 3. The van der Waals surface area contributed by atoms with Gasteiger partial charge in [0, 0.05) is 24.7 Å². The standard InChI is InChI=1S/C25H29N3O3S/c1-31-20-5-6-24-23(13-20)22(8-10-27-24)25(30)7-4-18-9-12-28(15-19(18)16-29)11-2-3-21-14-26-17-32-21/h5-6,8,10,13-14,17-19,25,29-30H,4,7,9,11-12,15-16H2,1H3/t18-,19-,25-/m1/s1. The molecule has 0 spiro atoms. The number of ether oxygens (including phenoxy) is 1. The van der Waals surface area contributed by atoms with Crippen LogP contribution in [0.5, 0.6) is 5.75 Å². The van der Waals surface area contributed by atoms with Gasteiger partial charge in [-0.05, 0) is 67.5 Å². The van der Waals surface area contributed by atoms with Gasteiger partial charge in [-0.2, -0.15) is 0 Å². The lowest BCUT2D eigenvalue weighted by atomic mass is 9.81. The minimum Gasteiger partial charge on any atom is -0.497 e. The highest BCUT2D eigenvalue weighted by Gasteiger charge is 2.29. The number of hydrogen-bond donors (Lipinski definition) is 2. The quantitative estimate of drug-likeness (QED) is 0.536. The number of fused-ring (bicyclic) bond motifs is 1. The Hall–Kier alpha value is -2.50. The highest BCUT2D eigenvalue weighted by molar-refractivity contribution is 7.10. The molecule has 0 saturated carbocycles. The minimum atomic E-state index is -0.574. The molecule has 0 radical (unpaired) electrons. The molecule has 0 aliphatic carbocycles. The Morgan fingerprint density at radius 2 is 2.22 bits per heavy atom. The van der Waals surface area contributed by atoms with Gasteiger partial charge in [0.2, 0.25) is 0 Å². The van der Waals surface area contributed by atoms with Crippen LogP contribution in [0.1, 0.15) is 35.8 Å². The summed E-state index contributed by atoms with van der Waals surface area (Å²) in [6.45, 7) is 2.66. The van der Waals surface area contributed by atoms with E-state index in [4.69, 9.17) is 4.74 Å². The van der Waals surface area contributed by atoms with Gasteiger partial charge in [0.25, 0.3) is 0 Å². The van der Waals surface area contributed by atoms with Gasteiger partial charge in [0.1, 0.15) is 5.75 Å². The topological polar surface area (TPSA) is 78.7 Å². The molecule has 3 heterocycles. The van der Waals surface area contributed by atoms with Crippen LogP contribution in [-0.4, -0.2) is 58.4 Å². The van der Waals surface area contributed by atoms with Gasteiger partial charge in [-0.25, -0.2) is 0 Å². The average Bonchev–Trinajstić information content (AvgIpc) is 3.35. The van der Waals surface area contributed by atoms with Crippen LogP contribution < -0.4 is 4.74 Å². The van der Waals surface area contributed by atoms with E-state index in [-0.39, 0.29) is 12.5 Å². The number of aromatic nitrogens is 2. The van der Waals surface area contributed by atoms with Crippen molar-refractivity contribution in [3.63, 3.8) is 0 Å². The summed E-state index contributed by atoms with van der Waals surface area (Å²) in [6, 6.07) is 7.62. The minimum absolute atomic E-state index is 0.162. The number of aliphatic hydroxyl groups is 2. The van der Waals surface area contributed by atoms with Crippen molar-refractivity contribution < 1.29 is 14.9 Å². The van der Waals surface area contributed by atoms with Crippen LogP contribution >= 0.6 is 11.3 Å². The number of rotatable bonds is 7. The Morgan fingerprint density at radius 1 is 1.31 bits per heavy atom. The van der Waals surface area contributed by atoms with Crippen LogP contribution in [0.15, 0.2) is 42.2 Å². The molecule has 1 aromatic carbocycles. The molecule has 7 heteroatoms. The molecule has 2 aromatic heterocycles. The molecule has 2 N–H and O–H groups in total. The zero-order valence-corrected chi connectivity index (χ0v) is 19.1. The highest BCUT2D eigenvalue weighted by atomic mass is 32.1. The molecule has 6 nitrogen and oxygen atoms in total. The number of likely N-dealkylation sites (tertiary alicyclic amines) is 1. The number of pyridine rings is 1. The summed E-state index contributed by atoms with van der Waals surface area (Å²) in [5, 5.41) is 21.9. The molecule has 1 aliphatic rings. The highest BCUT2D eigenvalue weighted by Crippen LogP contribution is 2.33. The Bertz CT molecular complexity index is 1080. The molecule has 1 fully saturated rings. The molecule has 0 unspecified atom stereocenters. The SMILES string of the molecule is COc1ccc2nccc([C@H](O)CC[C@@H]3CCN(CC#Cc4cncs4)C[C@@H]3CO)c2c1. The molecular formula is C25H29N3O3S. The number of benzene rings is 1. The van der Waals surface area contributed by atoms with E-state index in [1.54, 1.807) is 36.4 Å². The Labute approximate surface area is 192 Å². The Kier molecular flexibility index (Phi) is 7.72. The van der Waals surface area contributed by atoms with E-state index >= 15 is 0 Å². The van der Waals surface area contributed by atoms with Gasteiger partial charge in [0.05, 0.1) is 41.9 Å². The maximum atomic E-state index is 11.0. The van der Waals surface area contributed by atoms with Crippen molar-refractivity contribution in [2.24, 2.45) is 11.8 Å². The summed E-state index contributed by atoms with van der Waals surface area (Å²) in [4.78, 5) is 11.7. The van der Waals surface area contributed by atoms with Crippen molar-refractivity contribution in [1.29, 1.82) is 0 Å². The Morgan fingerprint density at radius 3 is 3.00 bits per heavy atom. The summed E-state index contributed by atoms with van der Waals surface area (Å²) in [5.41, 5.74) is 3.52. The van der Waals surface area contributed by atoms with E-state index in [9.17, 15) is 10.2 Å². The third-order valence-corrected chi connectivity index (χ3v) is 7.00. The zero-order valence-electron chi connectivity index (χ0n) is 18.3. The molecule has 0 bridgehead atoms. The first kappa shape index (κ1) is 22.7. The van der Waals surface area contributed by atoms with Crippen LogP contribution in [-0.2, 0) is 0 Å². The second kappa shape index (κ2) is 10.9. The van der Waals surface area contributed by atoms with E-state index in [1.807, 2.05) is 24.3 Å². The molecule has 3 aromatic rings. The lowest BCUT2D eigenvalue weighted by Gasteiger charge is -2.37. The van der Waals surface area contributed by atoms with Crippen LogP contribution in [0, 0.1) is 23.7 Å². The van der Waals surface area contributed by atoms with Crippen LogP contribution in [0.4, 0.5) is 0 Å². The number of thiazole rings is 1. The molecule has 32 heavy (non-hydrogen) atoms. The lowest BCUT2D eigenvalue weighted by molar-refractivity contribution is 0.0640. The summed E-state index contributed by atoms with van der Waals surface area (Å²) in [5.74, 6) is 7.73. The second-order valence-electron chi connectivity index (χ2n) is 8.27. The van der Waals surface area contributed by atoms with E-state index in [0.29, 0.717) is 18.9 Å². The largest absolute Gasteiger partial charge is 0.497 e. The zero-order chi connectivity index (χ0) is 22.3. The molecular weight excluding hydrogens is 422 g/mol. The number of hydrogen-bond acceptors (Lipinski definition) is 7. The maximum absolute atomic E-state index is 11.0. The smallest absolute Gasteiger partial charge is 0.119 e. The number of piperidine rings is 1. The summed E-state index contributed by atoms with van der Waals surface area (Å²) in [6.07, 6.45) is 5.49. The normalized spacial score (nSPS) is 20.0. The first-order valence-electron chi connectivity index (χ1n) is 11.0. The molecule has 1 saturated heterocycles. The summed E-state index contributed by atoms with van der Waals surface area (Å²) in [7, 11) is 1.64. The van der Waals surface area contributed by atoms with Gasteiger partial charge >= 0.3 is 0 Å². The van der Waals surface area contributed by atoms with Gasteiger partial charge in [0.15, 0.2) is 0 Å². The fourth-order valence-electron chi connectivity index (χ4n) is 4.49. The van der Waals surface area contributed by atoms with Crippen molar-refractivity contribution in [3.05, 3.63) is 52.6 Å². The number of methoxy groups -OCH3 is 1. The molecule has 3 atom stereocenters. The van der Waals surface area contributed by atoms with E-state index in [2.05, 4.69) is 26.7 Å². The van der Waals surface area contributed by atoms with Crippen molar-refractivity contribution in [2.45, 2.75) is 25.4 Å². The average molecular weight is 452 g/mol.